The van der Waals surface area contributed by atoms with E-state index in [0.29, 0.717) is 12.4 Å². The molecule has 0 aromatic carbocycles. The van der Waals surface area contributed by atoms with Crippen LogP contribution in [0.2, 0.25) is 5.28 Å². The first-order valence-corrected chi connectivity index (χ1v) is 6.13. The third-order valence-electron chi connectivity index (χ3n) is 2.92. The molecule has 0 aliphatic heterocycles. The van der Waals surface area contributed by atoms with Gasteiger partial charge in [0, 0.05) is 13.2 Å². The van der Waals surface area contributed by atoms with Gasteiger partial charge in [0.15, 0.2) is 11.6 Å². The molecule has 17 heavy (non-hydrogen) atoms. The minimum absolute atomic E-state index is 0.0301. The molecule has 0 saturated heterocycles. The van der Waals surface area contributed by atoms with Gasteiger partial charge < -0.3 is 15.5 Å². The lowest BCUT2D eigenvalue weighted by Crippen LogP contribution is -2.19. The molecule has 0 amide bonds. The lowest BCUT2D eigenvalue weighted by molar-refractivity contribution is 0.220. The first kappa shape index (κ1) is 12.4. The van der Waals surface area contributed by atoms with Gasteiger partial charge in [-0.1, -0.05) is 12.8 Å². The highest BCUT2D eigenvalue weighted by Crippen LogP contribution is 2.35. The van der Waals surface area contributed by atoms with Gasteiger partial charge in [0.25, 0.3) is 0 Å². The van der Waals surface area contributed by atoms with E-state index in [9.17, 15) is 10.2 Å². The average molecular weight is 258 g/mol. The smallest absolute Gasteiger partial charge is 0.224 e. The zero-order valence-corrected chi connectivity index (χ0v) is 10.2. The van der Waals surface area contributed by atoms with E-state index in [1.807, 2.05) is 0 Å². The summed E-state index contributed by atoms with van der Waals surface area (Å²) in [6.45, 7) is 0.719. The Hall–Kier alpha value is -1.07. The van der Waals surface area contributed by atoms with Gasteiger partial charge >= 0.3 is 0 Å². The quantitative estimate of drug-likeness (QED) is 0.676. The Morgan fingerprint density at radius 2 is 2.29 bits per heavy atom. The van der Waals surface area contributed by atoms with E-state index >= 15 is 0 Å². The molecular formula is C11H16ClN3O2. The molecule has 0 unspecified atom stereocenters. The summed E-state index contributed by atoms with van der Waals surface area (Å²) in [4.78, 5) is 7.55. The molecule has 1 fully saturated rings. The number of aromatic nitrogens is 2. The van der Waals surface area contributed by atoms with Crippen LogP contribution in [0.5, 0.6) is 5.75 Å². The Bertz CT molecular complexity index is 385. The highest BCUT2D eigenvalue weighted by Gasteiger charge is 2.25. The minimum Gasteiger partial charge on any atom is -0.503 e. The highest BCUT2D eigenvalue weighted by molar-refractivity contribution is 6.28. The zero-order chi connectivity index (χ0) is 12.3. The SMILES string of the molecule is OC[C@H](CNc1nc(Cl)ncc1O)CC1CC1. The fraction of sp³-hybridized carbons (Fsp3) is 0.636. The second-order valence-corrected chi connectivity index (χ2v) is 4.82. The van der Waals surface area contributed by atoms with Gasteiger partial charge in [0.1, 0.15) is 0 Å². The van der Waals surface area contributed by atoms with Crippen molar-refractivity contribution in [2.45, 2.75) is 19.3 Å². The van der Waals surface area contributed by atoms with Crippen LogP contribution in [0.3, 0.4) is 0 Å². The number of nitrogens with one attached hydrogen (secondary N) is 1. The van der Waals surface area contributed by atoms with Crippen molar-refractivity contribution in [1.82, 2.24) is 9.97 Å². The molecular weight excluding hydrogens is 242 g/mol. The number of aromatic hydroxyl groups is 1. The third-order valence-corrected chi connectivity index (χ3v) is 3.10. The predicted octanol–water partition coefficient (Wildman–Crippen LogP) is 1.66. The Balaban J connectivity index is 1.88. The average Bonchev–Trinajstić information content (AvgIpc) is 3.12. The summed E-state index contributed by atoms with van der Waals surface area (Å²) in [7, 11) is 0. The molecule has 1 aromatic heterocycles. The predicted molar refractivity (Wildman–Crippen MR) is 65.1 cm³/mol. The first-order chi connectivity index (χ1) is 8.19. The van der Waals surface area contributed by atoms with E-state index in [-0.39, 0.29) is 23.6 Å². The highest BCUT2D eigenvalue weighted by atomic mass is 35.5. The van der Waals surface area contributed by atoms with Crippen LogP contribution in [0.15, 0.2) is 6.20 Å². The van der Waals surface area contributed by atoms with Gasteiger partial charge in [-0.25, -0.2) is 4.98 Å². The molecule has 6 heteroatoms. The molecule has 3 N–H and O–H groups in total. The summed E-state index contributed by atoms with van der Waals surface area (Å²) in [5.74, 6) is 1.24. The van der Waals surface area contributed by atoms with E-state index in [4.69, 9.17) is 11.6 Å². The van der Waals surface area contributed by atoms with Crippen molar-refractivity contribution in [3.05, 3.63) is 11.5 Å². The van der Waals surface area contributed by atoms with Crippen molar-refractivity contribution in [3.63, 3.8) is 0 Å². The van der Waals surface area contributed by atoms with Gasteiger partial charge in [-0.3, -0.25) is 0 Å². The Labute approximate surface area is 105 Å². The zero-order valence-electron chi connectivity index (χ0n) is 9.43. The lowest BCUT2D eigenvalue weighted by Gasteiger charge is -2.15. The van der Waals surface area contributed by atoms with Crippen molar-refractivity contribution in [2.24, 2.45) is 11.8 Å². The van der Waals surface area contributed by atoms with Crippen LogP contribution in [0.1, 0.15) is 19.3 Å². The Kier molecular flexibility index (Phi) is 4.02. The van der Waals surface area contributed by atoms with Crippen LogP contribution >= 0.6 is 11.6 Å². The number of hydrogen-bond donors (Lipinski definition) is 3. The van der Waals surface area contributed by atoms with Crippen molar-refractivity contribution in [3.8, 4) is 5.75 Å². The molecule has 2 rings (SSSR count). The second-order valence-electron chi connectivity index (χ2n) is 4.48. The number of aliphatic hydroxyl groups is 1. The summed E-state index contributed by atoms with van der Waals surface area (Å²) >= 11 is 5.64. The van der Waals surface area contributed by atoms with Crippen LogP contribution in [-0.2, 0) is 0 Å². The molecule has 1 heterocycles. The van der Waals surface area contributed by atoms with Crippen molar-refractivity contribution in [2.75, 3.05) is 18.5 Å². The molecule has 1 aliphatic rings. The molecule has 1 aromatic rings. The van der Waals surface area contributed by atoms with Crippen LogP contribution < -0.4 is 5.32 Å². The largest absolute Gasteiger partial charge is 0.503 e. The summed E-state index contributed by atoms with van der Waals surface area (Å²) in [6.07, 6.45) is 4.80. The molecule has 94 valence electrons. The van der Waals surface area contributed by atoms with E-state index in [1.165, 1.54) is 19.0 Å². The fourth-order valence-electron chi connectivity index (χ4n) is 1.77. The van der Waals surface area contributed by atoms with E-state index in [2.05, 4.69) is 15.3 Å². The van der Waals surface area contributed by atoms with Crippen LogP contribution in [0.25, 0.3) is 0 Å². The topological polar surface area (TPSA) is 78.3 Å². The van der Waals surface area contributed by atoms with Gasteiger partial charge in [-0.2, -0.15) is 4.98 Å². The second kappa shape index (κ2) is 5.51. The number of halogens is 1. The maximum absolute atomic E-state index is 9.51. The molecule has 1 atom stereocenters. The van der Waals surface area contributed by atoms with Gasteiger partial charge in [0.05, 0.1) is 6.20 Å². The monoisotopic (exact) mass is 257 g/mol. The van der Waals surface area contributed by atoms with Gasteiger partial charge in [-0.15, -0.1) is 0 Å². The molecule has 1 saturated carbocycles. The normalized spacial score (nSPS) is 16.8. The van der Waals surface area contributed by atoms with Gasteiger partial charge in [-0.05, 0) is 29.9 Å². The number of aliphatic hydroxyl groups excluding tert-OH is 1. The van der Waals surface area contributed by atoms with Crippen molar-refractivity contribution in [1.29, 1.82) is 0 Å². The maximum atomic E-state index is 9.51. The number of hydrogen-bond acceptors (Lipinski definition) is 5. The van der Waals surface area contributed by atoms with E-state index in [1.54, 1.807) is 0 Å². The van der Waals surface area contributed by atoms with Crippen molar-refractivity contribution < 1.29 is 10.2 Å². The van der Waals surface area contributed by atoms with Gasteiger partial charge in [0.2, 0.25) is 5.28 Å². The first-order valence-electron chi connectivity index (χ1n) is 5.75. The standard InChI is InChI=1S/C11H16ClN3O2/c12-11-14-5-9(17)10(15-11)13-4-8(6-16)3-7-1-2-7/h5,7-8,16-17H,1-4,6H2,(H,13,14,15)/t8-/m0/s1. The number of rotatable bonds is 6. The minimum atomic E-state index is -0.0301. The Morgan fingerprint density at radius 3 is 2.94 bits per heavy atom. The van der Waals surface area contributed by atoms with Crippen LogP contribution in [0.4, 0.5) is 5.82 Å². The molecule has 5 nitrogen and oxygen atoms in total. The van der Waals surface area contributed by atoms with E-state index < -0.39 is 0 Å². The number of nitrogens with zero attached hydrogens (tertiary/aromatic N) is 2. The molecule has 0 bridgehead atoms. The third kappa shape index (κ3) is 3.71. The molecule has 0 spiro atoms. The molecule has 1 aliphatic carbocycles. The Morgan fingerprint density at radius 1 is 1.53 bits per heavy atom. The summed E-state index contributed by atoms with van der Waals surface area (Å²) < 4.78 is 0. The number of anilines is 1. The lowest BCUT2D eigenvalue weighted by atomic mass is 10.0. The summed E-state index contributed by atoms with van der Waals surface area (Å²) in [5, 5.41) is 21.8. The maximum Gasteiger partial charge on any atom is 0.224 e. The van der Waals surface area contributed by atoms with Crippen LogP contribution in [-0.4, -0.2) is 33.3 Å². The van der Waals surface area contributed by atoms with E-state index in [0.717, 1.165) is 12.3 Å². The van der Waals surface area contributed by atoms with Crippen molar-refractivity contribution >= 4 is 17.4 Å². The summed E-state index contributed by atoms with van der Waals surface area (Å²) in [6, 6.07) is 0. The summed E-state index contributed by atoms with van der Waals surface area (Å²) in [5.41, 5.74) is 0. The fourth-order valence-corrected chi connectivity index (χ4v) is 1.91. The molecule has 0 radical (unpaired) electrons. The van der Waals surface area contributed by atoms with Crippen LogP contribution in [0, 0.1) is 11.8 Å².